The van der Waals surface area contributed by atoms with Gasteiger partial charge in [-0.25, -0.2) is 0 Å². The highest BCUT2D eigenvalue weighted by atomic mass is 79.9. The Kier molecular flexibility index (Phi) is 6.22. The van der Waals surface area contributed by atoms with E-state index in [0.717, 1.165) is 4.47 Å². The summed E-state index contributed by atoms with van der Waals surface area (Å²) >= 11 is 9.56. The number of aliphatic carboxylic acids is 1. The van der Waals surface area contributed by atoms with E-state index in [1.165, 1.54) is 6.07 Å². The van der Waals surface area contributed by atoms with Crippen molar-refractivity contribution < 1.29 is 28.9 Å². The second-order valence-corrected chi connectivity index (χ2v) is 8.54. The highest BCUT2D eigenvalue weighted by Crippen LogP contribution is 2.39. The van der Waals surface area contributed by atoms with Crippen molar-refractivity contribution in [1.29, 1.82) is 0 Å². The molecule has 0 spiro atoms. The summed E-state index contributed by atoms with van der Waals surface area (Å²) in [5.74, 6) is -1.34. The van der Waals surface area contributed by atoms with Gasteiger partial charge in [0.05, 0.1) is 34.6 Å². The molecule has 7 nitrogen and oxygen atoms in total. The zero-order valence-electron chi connectivity index (χ0n) is 16.1. The SMILES string of the molecule is O=C(O)C1CC(OCCOc2cc(Br)ccc2-c2oc3c(Cl)cccc3c(=O)c2O)C1. The van der Waals surface area contributed by atoms with Crippen LogP contribution in [0.2, 0.25) is 5.02 Å². The Morgan fingerprint density at radius 3 is 2.74 bits per heavy atom. The van der Waals surface area contributed by atoms with Gasteiger partial charge in [0.15, 0.2) is 11.3 Å². The molecule has 0 unspecified atom stereocenters. The number of fused-ring (bicyclic) bond motifs is 1. The Labute approximate surface area is 190 Å². The third-order valence-corrected chi connectivity index (χ3v) is 5.96. The second kappa shape index (κ2) is 8.90. The van der Waals surface area contributed by atoms with E-state index in [1.54, 1.807) is 30.3 Å². The molecule has 1 aromatic heterocycles. The first-order valence-corrected chi connectivity index (χ1v) is 10.7. The maximum Gasteiger partial charge on any atom is 0.306 e. The minimum absolute atomic E-state index is 0.0442. The summed E-state index contributed by atoms with van der Waals surface area (Å²) < 4.78 is 18.0. The van der Waals surface area contributed by atoms with Crippen molar-refractivity contribution in [1.82, 2.24) is 0 Å². The molecule has 2 N–H and O–H groups in total. The predicted octanol–water partition coefficient (Wildman–Crippen LogP) is 4.84. The van der Waals surface area contributed by atoms with Crippen molar-refractivity contribution in [3.63, 3.8) is 0 Å². The molecule has 1 fully saturated rings. The fraction of sp³-hybridized carbons (Fsp3) is 0.273. The zero-order valence-corrected chi connectivity index (χ0v) is 18.5. The van der Waals surface area contributed by atoms with Crippen LogP contribution in [0.5, 0.6) is 11.5 Å². The highest BCUT2D eigenvalue weighted by molar-refractivity contribution is 9.10. The Bertz CT molecular complexity index is 1200. The Hall–Kier alpha value is -2.55. The van der Waals surface area contributed by atoms with Gasteiger partial charge in [-0.1, -0.05) is 33.6 Å². The number of rotatable bonds is 7. The molecule has 0 bridgehead atoms. The van der Waals surface area contributed by atoms with Crippen LogP contribution in [0.15, 0.2) is 50.1 Å². The average Bonchev–Trinajstić information content (AvgIpc) is 2.69. The smallest absolute Gasteiger partial charge is 0.306 e. The molecule has 1 saturated carbocycles. The molecule has 4 rings (SSSR count). The number of hydrogen-bond donors (Lipinski definition) is 2. The van der Waals surface area contributed by atoms with Gasteiger partial charge >= 0.3 is 5.97 Å². The number of para-hydroxylation sites is 1. The van der Waals surface area contributed by atoms with Crippen LogP contribution >= 0.6 is 27.5 Å². The van der Waals surface area contributed by atoms with E-state index in [-0.39, 0.29) is 47.0 Å². The molecule has 0 radical (unpaired) electrons. The quantitative estimate of drug-likeness (QED) is 0.439. The fourth-order valence-corrected chi connectivity index (χ4v) is 3.98. The summed E-state index contributed by atoms with van der Waals surface area (Å²) in [6.07, 6.45) is 0.902. The monoisotopic (exact) mass is 508 g/mol. The Morgan fingerprint density at radius 1 is 1.23 bits per heavy atom. The predicted molar refractivity (Wildman–Crippen MR) is 118 cm³/mol. The van der Waals surface area contributed by atoms with E-state index in [1.807, 2.05) is 0 Å². The zero-order chi connectivity index (χ0) is 22.1. The molecule has 0 aliphatic heterocycles. The second-order valence-electron chi connectivity index (χ2n) is 7.21. The summed E-state index contributed by atoms with van der Waals surface area (Å²) in [4.78, 5) is 23.5. The van der Waals surface area contributed by atoms with Crippen molar-refractivity contribution >= 4 is 44.5 Å². The summed E-state index contributed by atoms with van der Waals surface area (Å²) in [5, 5.41) is 19.9. The van der Waals surface area contributed by atoms with Gasteiger partial charge in [0.25, 0.3) is 0 Å². The van der Waals surface area contributed by atoms with Gasteiger partial charge in [-0.05, 0) is 43.2 Å². The van der Waals surface area contributed by atoms with Gasteiger partial charge in [-0.3, -0.25) is 9.59 Å². The number of aromatic hydroxyl groups is 1. The number of carbonyl (C=O) groups is 1. The lowest BCUT2D eigenvalue weighted by atomic mass is 9.82. The lowest BCUT2D eigenvalue weighted by Crippen LogP contribution is -2.37. The van der Waals surface area contributed by atoms with Crippen LogP contribution in [0.3, 0.4) is 0 Å². The maximum atomic E-state index is 12.6. The fourth-order valence-electron chi connectivity index (χ4n) is 3.43. The third-order valence-electron chi connectivity index (χ3n) is 5.17. The number of halogens is 2. The van der Waals surface area contributed by atoms with E-state index < -0.39 is 17.1 Å². The standard InChI is InChI=1S/C22H18BrClO7/c23-12-4-5-14(17(10-12)30-7-6-29-13-8-11(9-13)22(27)28)21-19(26)18(25)15-2-1-3-16(24)20(15)31-21/h1-5,10-11,13,26H,6-9H2,(H,27,28). The van der Waals surface area contributed by atoms with Gasteiger partial charge in [-0.15, -0.1) is 0 Å². The summed E-state index contributed by atoms with van der Waals surface area (Å²) in [6, 6.07) is 9.81. The first-order valence-electron chi connectivity index (χ1n) is 9.56. The van der Waals surface area contributed by atoms with E-state index in [9.17, 15) is 14.7 Å². The van der Waals surface area contributed by atoms with Crippen LogP contribution in [-0.4, -0.2) is 35.5 Å². The summed E-state index contributed by atoms with van der Waals surface area (Å²) in [5.41, 5.74) is -0.0275. The number of benzene rings is 2. The van der Waals surface area contributed by atoms with Crippen LogP contribution in [0.1, 0.15) is 12.8 Å². The summed E-state index contributed by atoms with van der Waals surface area (Å²) in [6.45, 7) is 0.458. The third kappa shape index (κ3) is 4.42. The normalized spacial score (nSPS) is 18.0. The summed E-state index contributed by atoms with van der Waals surface area (Å²) in [7, 11) is 0. The number of carboxylic acids is 1. The van der Waals surface area contributed by atoms with Gasteiger partial charge in [0.2, 0.25) is 11.2 Å². The minimum Gasteiger partial charge on any atom is -0.502 e. The van der Waals surface area contributed by atoms with Crippen molar-refractivity contribution in [3.05, 3.63) is 56.1 Å². The van der Waals surface area contributed by atoms with Crippen LogP contribution in [0, 0.1) is 5.92 Å². The molecule has 1 heterocycles. The number of hydrogen-bond acceptors (Lipinski definition) is 6. The Morgan fingerprint density at radius 2 is 2.00 bits per heavy atom. The molecule has 162 valence electrons. The van der Waals surface area contributed by atoms with Crippen molar-refractivity contribution in [2.24, 2.45) is 5.92 Å². The van der Waals surface area contributed by atoms with Gasteiger partial charge in [0.1, 0.15) is 12.4 Å². The lowest BCUT2D eigenvalue weighted by Gasteiger charge is -2.32. The first kappa shape index (κ1) is 21.7. The maximum absolute atomic E-state index is 12.6. The number of ether oxygens (including phenoxy) is 2. The molecule has 0 saturated heterocycles. The van der Waals surface area contributed by atoms with Crippen molar-refractivity contribution in [2.75, 3.05) is 13.2 Å². The van der Waals surface area contributed by atoms with Gasteiger partial charge in [-0.2, -0.15) is 0 Å². The van der Waals surface area contributed by atoms with Crippen molar-refractivity contribution in [3.8, 4) is 22.8 Å². The molecule has 1 aliphatic rings. The van der Waals surface area contributed by atoms with E-state index in [0.29, 0.717) is 24.2 Å². The van der Waals surface area contributed by atoms with Gasteiger partial charge in [0, 0.05) is 4.47 Å². The highest BCUT2D eigenvalue weighted by Gasteiger charge is 2.35. The first-order chi connectivity index (χ1) is 14.8. The van der Waals surface area contributed by atoms with Crippen LogP contribution in [-0.2, 0) is 9.53 Å². The average molecular weight is 510 g/mol. The molecule has 9 heteroatoms. The number of carboxylic acid groups (broad SMARTS) is 1. The molecule has 1 aliphatic carbocycles. The molecule has 0 amide bonds. The van der Waals surface area contributed by atoms with Crippen LogP contribution < -0.4 is 10.2 Å². The Balaban J connectivity index is 1.55. The largest absolute Gasteiger partial charge is 0.502 e. The van der Waals surface area contributed by atoms with E-state index in [2.05, 4.69) is 15.9 Å². The van der Waals surface area contributed by atoms with Gasteiger partial charge < -0.3 is 24.1 Å². The molecule has 3 aromatic rings. The molecular formula is C22H18BrClO7. The van der Waals surface area contributed by atoms with Crippen LogP contribution in [0.25, 0.3) is 22.3 Å². The van der Waals surface area contributed by atoms with Crippen molar-refractivity contribution in [2.45, 2.75) is 18.9 Å². The molecule has 0 atom stereocenters. The topological polar surface area (TPSA) is 106 Å². The minimum atomic E-state index is -0.799. The molecule has 2 aromatic carbocycles. The lowest BCUT2D eigenvalue weighted by molar-refractivity contribution is -0.151. The van der Waals surface area contributed by atoms with E-state index in [4.69, 9.17) is 30.6 Å². The molecule has 31 heavy (non-hydrogen) atoms. The van der Waals surface area contributed by atoms with Crippen LogP contribution in [0.4, 0.5) is 0 Å². The molecular weight excluding hydrogens is 492 g/mol. The van der Waals surface area contributed by atoms with E-state index >= 15 is 0 Å².